The highest BCUT2D eigenvalue weighted by Gasteiger charge is 2.20. The SMILES string of the molecule is CCC(C(=O)Cc1cccc(F)c1Cl)c1ccccc1. The highest BCUT2D eigenvalue weighted by molar-refractivity contribution is 6.31. The van der Waals surface area contributed by atoms with Gasteiger partial charge in [-0.05, 0) is 23.6 Å². The van der Waals surface area contributed by atoms with Crippen molar-refractivity contribution in [3.8, 4) is 0 Å². The number of ketones is 1. The number of rotatable bonds is 5. The predicted octanol–water partition coefficient (Wildman–Crippen LogP) is 4.78. The van der Waals surface area contributed by atoms with Gasteiger partial charge in [-0.15, -0.1) is 0 Å². The van der Waals surface area contributed by atoms with E-state index in [0.29, 0.717) is 5.56 Å². The molecule has 1 nitrogen and oxygen atoms in total. The van der Waals surface area contributed by atoms with Crippen molar-refractivity contribution in [2.45, 2.75) is 25.7 Å². The van der Waals surface area contributed by atoms with Crippen LogP contribution in [0.3, 0.4) is 0 Å². The van der Waals surface area contributed by atoms with Crippen LogP contribution in [0.15, 0.2) is 48.5 Å². The topological polar surface area (TPSA) is 17.1 Å². The highest BCUT2D eigenvalue weighted by atomic mass is 35.5. The number of carbonyl (C=O) groups excluding carboxylic acids is 1. The Morgan fingerprint density at radius 1 is 1.15 bits per heavy atom. The van der Waals surface area contributed by atoms with Gasteiger partial charge in [-0.3, -0.25) is 4.79 Å². The summed E-state index contributed by atoms with van der Waals surface area (Å²) in [5.41, 5.74) is 1.54. The van der Waals surface area contributed by atoms with Gasteiger partial charge >= 0.3 is 0 Å². The van der Waals surface area contributed by atoms with Crippen molar-refractivity contribution in [1.29, 1.82) is 0 Å². The van der Waals surface area contributed by atoms with Crippen LogP contribution in [0.25, 0.3) is 0 Å². The summed E-state index contributed by atoms with van der Waals surface area (Å²) in [5.74, 6) is -0.591. The van der Waals surface area contributed by atoms with E-state index >= 15 is 0 Å². The summed E-state index contributed by atoms with van der Waals surface area (Å²) in [6.45, 7) is 1.97. The molecule has 0 amide bonds. The van der Waals surface area contributed by atoms with Gasteiger partial charge in [0.15, 0.2) is 0 Å². The van der Waals surface area contributed by atoms with E-state index in [1.54, 1.807) is 12.1 Å². The zero-order chi connectivity index (χ0) is 14.5. The van der Waals surface area contributed by atoms with E-state index in [1.807, 2.05) is 37.3 Å². The molecule has 2 rings (SSSR count). The van der Waals surface area contributed by atoms with E-state index in [0.717, 1.165) is 12.0 Å². The van der Waals surface area contributed by atoms with Crippen LogP contribution >= 0.6 is 11.6 Å². The molecule has 1 unspecified atom stereocenters. The Hall–Kier alpha value is -1.67. The molecule has 3 heteroatoms. The lowest BCUT2D eigenvalue weighted by Gasteiger charge is -2.14. The summed E-state index contributed by atoms with van der Waals surface area (Å²) in [6, 6.07) is 14.2. The Morgan fingerprint density at radius 3 is 2.50 bits per heavy atom. The van der Waals surface area contributed by atoms with Crippen molar-refractivity contribution in [3.05, 3.63) is 70.5 Å². The molecule has 0 heterocycles. The Bertz CT molecular complexity index is 595. The van der Waals surface area contributed by atoms with Crippen LogP contribution in [-0.4, -0.2) is 5.78 Å². The van der Waals surface area contributed by atoms with Crippen LogP contribution in [0.1, 0.15) is 30.4 Å². The van der Waals surface area contributed by atoms with Crippen LogP contribution in [-0.2, 0) is 11.2 Å². The molecule has 0 bridgehead atoms. The minimum atomic E-state index is -0.482. The van der Waals surface area contributed by atoms with E-state index in [1.165, 1.54) is 6.07 Å². The number of halogens is 2. The van der Waals surface area contributed by atoms with Crippen LogP contribution in [0, 0.1) is 5.82 Å². The average Bonchev–Trinajstić information content (AvgIpc) is 2.46. The highest BCUT2D eigenvalue weighted by Crippen LogP contribution is 2.25. The fourth-order valence-corrected chi connectivity index (χ4v) is 2.52. The first-order chi connectivity index (χ1) is 9.63. The molecule has 0 spiro atoms. The molecule has 0 saturated heterocycles. The average molecular weight is 291 g/mol. The lowest BCUT2D eigenvalue weighted by molar-refractivity contribution is -0.119. The molecule has 1 atom stereocenters. The van der Waals surface area contributed by atoms with Crippen LogP contribution in [0.5, 0.6) is 0 Å². The first-order valence-electron chi connectivity index (χ1n) is 6.64. The second-order valence-electron chi connectivity index (χ2n) is 4.73. The lowest BCUT2D eigenvalue weighted by Crippen LogP contribution is -2.14. The lowest BCUT2D eigenvalue weighted by atomic mass is 9.89. The largest absolute Gasteiger partial charge is 0.299 e. The van der Waals surface area contributed by atoms with Gasteiger partial charge in [0, 0.05) is 12.3 Å². The maximum atomic E-state index is 13.4. The third kappa shape index (κ3) is 3.26. The fourth-order valence-electron chi connectivity index (χ4n) is 2.33. The number of benzene rings is 2. The maximum Gasteiger partial charge on any atom is 0.144 e. The second-order valence-corrected chi connectivity index (χ2v) is 5.11. The van der Waals surface area contributed by atoms with Crippen molar-refractivity contribution in [3.63, 3.8) is 0 Å². The van der Waals surface area contributed by atoms with Gasteiger partial charge in [-0.25, -0.2) is 4.39 Å². The monoisotopic (exact) mass is 290 g/mol. The maximum absolute atomic E-state index is 13.4. The molecule has 0 radical (unpaired) electrons. The van der Waals surface area contributed by atoms with E-state index in [4.69, 9.17) is 11.6 Å². The molecule has 0 N–H and O–H groups in total. The van der Waals surface area contributed by atoms with Crippen LogP contribution < -0.4 is 0 Å². The first kappa shape index (κ1) is 14.7. The Kier molecular flexibility index (Phi) is 4.91. The van der Waals surface area contributed by atoms with E-state index in [-0.39, 0.29) is 23.1 Å². The molecule has 104 valence electrons. The fraction of sp³-hybridized carbons (Fsp3) is 0.235. The molecular formula is C17H16ClFO. The van der Waals surface area contributed by atoms with Crippen molar-refractivity contribution in [1.82, 2.24) is 0 Å². The van der Waals surface area contributed by atoms with Crippen molar-refractivity contribution in [2.75, 3.05) is 0 Å². The van der Waals surface area contributed by atoms with Crippen molar-refractivity contribution >= 4 is 17.4 Å². The summed E-state index contributed by atoms with van der Waals surface area (Å²) in [5, 5.41) is 0.0452. The zero-order valence-corrected chi connectivity index (χ0v) is 12.0. The molecule has 0 aliphatic rings. The molecule has 0 aliphatic carbocycles. The van der Waals surface area contributed by atoms with Gasteiger partial charge in [0.25, 0.3) is 0 Å². The zero-order valence-electron chi connectivity index (χ0n) is 11.3. The first-order valence-corrected chi connectivity index (χ1v) is 7.01. The molecule has 0 saturated carbocycles. The van der Waals surface area contributed by atoms with Crippen LogP contribution in [0.4, 0.5) is 4.39 Å². The molecule has 20 heavy (non-hydrogen) atoms. The quantitative estimate of drug-likeness (QED) is 0.774. The minimum Gasteiger partial charge on any atom is -0.299 e. The number of hydrogen-bond acceptors (Lipinski definition) is 1. The van der Waals surface area contributed by atoms with Crippen molar-refractivity contribution in [2.24, 2.45) is 0 Å². The Morgan fingerprint density at radius 2 is 1.85 bits per heavy atom. The number of hydrogen-bond donors (Lipinski definition) is 0. The summed E-state index contributed by atoms with van der Waals surface area (Å²) in [4.78, 5) is 12.4. The van der Waals surface area contributed by atoms with Gasteiger partial charge in [-0.2, -0.15) is 0 Å². The van der Waals surface area contributed by atoms with Crippen molar-refractivity contribution < 1.29 is 9.18 Å². The normalized spacial score (nSPS) is 12.2. The summed E-state index contributed by atoms with van der Waals surface area (Å²) in [6.07, 6.45) is 0.875. The van der Waals surface area contributed by atoms with E-state index < -0.39 is 5.82 Å². The minimum absolute atomic E-state index is 0.0452. The van der Waals surface area contributed by atoms with Gasteiger partial charge in [0.2, 0.25) is 0 Å². The summed E-state index contributed by atoms with van der Waals surface area (Å²) >= 11 is 5.90. The Labute approximate surface area is 123 Å². The summed E-state index contributed by atoms with van der Waals surface area (Å²) in [7, 11) is 0. The second kappa shape index (κ2) is 6.67. The van der Waals surface area contributed by atoms with E-state index in [2.05, 4.69) is 0 Å². The molecule has 0 fully saturated rings. The van der Waals surface area contributed by atoms with Gasteiger partial charge < -0.3 is 0 Å². The Balaban J connectivity index is 2.20. The third-order valence-corrected chi connectivity index (χ3v) is 3.82. The molecule has 2 aromatic rings. The van der Waals surface area contributed by atoms with E-state index in [9.17, 15) is 9.18 Å². The molecule has 0 aliphatic heterocycles. The van der Waals surface area contributed by atoms with Gasteiger partial charge in [-0.1, -0.05) is 61.0 Å². The molecule has 2 aromatic carbocycles. The predicted molar refractivity (Wildman–Crippen MR) is 79.6 cm³/mol. The third-order valence-electron chi connectivity index (χ3n) is 3.40. The molecular weight excluding hydrogens is 275 g/mol. The molecule has 0 aromatic heterocycles. The van der Waals surface area contributed by atoms with Crippen LogP contribution in [0.2, 0.25) is 5.02 Å². The summed E-state index contributed by atoms with van der Waals surface area (Å²) < 4.78 is 13.4. The number of Topliss-reactive ketones (excluding diaryl/α,β-unsaturated/α-hetero) is 1. The standard InChI is InChI=1S/C17H16ClFO/c1-2-14(12-7-4-3-5-8-12)16(20)11-13-9-6-10-15(19)17(13)18/h3-10,14H,2,11H2,1H3. The smallest absolute Gasteiger partial charge is 0.144 e. The number of carbonyl (C=O) groups is 1. The van der Waals surface area contributed by atoms with Gasteiger partial charge in [0.05, 0.1) is 5.02 Å². The van der Waals surface area contributed by atoms with Gasteiger partial charge in [0.1, 0.15) is 11.6 Å².